The molecule has 2 heterocycles. The Hall–Kier alpha value is 0.320. The Labute approximate surface area is 121 Å². The molecule has 1 saturated heterocycles. The molecule has 3 nitrogen and oxygen atoms in total. The summed E-state index contributed by atoms with van der Waals surface area (Å²) < 4.78 is 0. The molecule has 0 bridgehead atoms. The van der Waals surface area contributed by atoms with Crippen molar-refractivity contribution >= 4 is 47.5 Å². The lowest BCUT2D eigenvalue weighted by Gasteiger charge is -2.09. The van der Waals surface area contributed by atoms with Crippen LogP contribution in [-0.2, 0) is 0 Å². The molecule has 1 atom stereocenters. The van der Waals surface area contributed by atoms with Gasteiger partial charge in [-0.1, -0.05) is 23.4 Å². The van der Waals surface area contributed by atoms with E-state index >= 15 is 0 Å². The lowest BCUT2D eigenvalue weighted by molar-refractivity contribution is 0.673. The van der Waals surface area contributed by atoms with E-state index in [0.717, 1.165) is 22.5 Å². The van der Waals surface area contributed by atoms with E-state index in [0.29, 0.717) is 11.2 Å². The Balaban J connectivity index is 0.00000144. The highest BCUT2D eigenvalue weighted by Crippen LogP contribution is 2.23. The van der Waals surface area contributed by atoms with Gasteiger partial charge in [0.25, 0.3) is 0 Å². The van der Waals surface area contributed by atoms with Crippen LogP contribution in [0.4, 0.5) is 0 Å². The minimum absolute atomic E-state index is 0. The highest BCUT2D eigenvalue weighted by atomic mass is 35.5. The number of hydrogen-bond donors (Lipinski definition) is 1. The van der Waals surface area contributed by atoms with Gasteiger partial charge < -0.3 is 5.32 Å². The smallest absolute Gasteiger partial charge is 0.189 e. The predicted octanol–water partition coefficient (Wildman–Crippen LogP) is 3.12. The zero-order valence-corrected chi connectivity index (χ0v) is 12.7. The van der Waals surface area contributed by atoms with E-state index in [-0.39, 0.29) is 12.4 Å². The second-order valence-electron chi connectivity index (χ2n) is 3.62. The average Bonchev–Trinajstić information content (AvgIpc) is 2.78. The molecule has 2 rings (SSSR count). The van der Waals surface area contributed by atoms with E-state index in [9.17, 15) is 0 Å². The Kier molecular flexibility index (Phi) is 6.95. The third-order valence-corrected chi connectivity index (χ3v) is 4.24. The van der Waals surface area contributed by atoms with Crippen LogP contribution in [0.1, 0.15) is 12.8 Å². The van der Waals surface area contributed by atoms with Gasteiger partial charge in [-0.05, 0) is 25.6 Å². The molecule has 0 spiro atoms. The number of aromatic nitrogens is 2. The zero-order valence-electron chi connectivity index (χ0n) is 9.48. The van der Waals surface area contributed by atoms with Gasteiger partial charge in [0.05, 0.1) is 0 Å². The molecule has 1 aromatic heterocycles. The molecular formula is C10H15Cl2N3S2. The van der Waals surface area contributed by atoms with Gasteiger partial charge >= 0.3 is 0 Å². The third-order valence-electron chi connectivity index (χ3n) is 2.43. The minimum atomic E-state index is 0. The summed E-state index contributed by atoms with van der Waals surface area (Å²) in [5, 5.41) is 5.71. The fraction of sp³-hybridized carbons (Fsp3) is 0.600. The van der Waals surface area contributed by atoms with Crippen LogP contribution in [0.2, 0.25) is 5.15 Å². The molecule has 1 N–H and O–H groups in total. The molecule has 0 saturated carbocycles. The van der Waals surface area contributed by atoms with E-state index in [2.05, 4.69) is 15.3 Å². The van der Waals surface area contributed by atoms with Crippen LogP contribution in [0.3, 0.4) is 0 Å². The fourth-order valence-electron chi connectivity index (χ4n) is 1.63. The van der Waals surface area contributed by atoms with Gasteiger partial charge in [-0.15, -0.1) is 24.2 Å². The lowest BCUT2D eigenvalue weighted by Crippen LogP contribution is -2.23. The molecule has 17 heavy (non-hydrogen) atoms. The molecule has 1 fully saturated rings. The van der Waals surface area contributed by atoms with Crippen molar-refractivity contribution in [2.24, 2.45) is 0 Å². The monoisotopic (exact) mass is 311 g/mol. The average molecular weight is 312 g/mol. The molecule has 0 amide bonds. The summed E-state index contributed by atoms with van der Waals surface area (Å²) in [6.45, 7) is 1.14. The Morgan fingerprint density at radius 3 is 3.00 bits per heavy atom. The van der Waals surface area contributed by atoms with Crippen molar-refractivity contribution in [2.75, 3.05) is 18.6 Å². The molecule has 1 aliphatic rings. The number of nitrogens with one attached hydrogen (secondary N) is 1. The molecule has 1 unspecified atom stereocenters. The maximum absolute atomic E-state index is 5.93. The molecule has 96 valence electrons. The second kappa shape index (κ2) is 7.69. The van der Waals surface area contributed by atoms with E-state index < -0.39 is 0 Å². The highest BCUT2D eigenvalue weighted by Gasteiger charge is 2.14. The number of nitrogens with zero attached hydrogens (tertiary/aromatic N) is 2. The van der Waals surface area contributed by atoms with E-state index in [1.54, 1.807) is 11.8 Å². The van der Waals surface area contributed by atoms with Crippen molar-refractivity contribution in [1.29, 1.82) is 0 Å². The van der Waals surface area contributed by atoms with Gasteiger partial charge in [0.1, 0.15) is 10.2 Å². The molecule has 0 aliphatic carbocycles. The van der Waals surface area contributed by atoms with E-state index in [1.165, 1.54) is 24.6 Å². The molecular weight excluding hydrogens is 297 g/mol. The highest BCUT2D eigenvalue weighted by molar-refractivity contribution is 7.99. The fourth-order valence-corrected chi connectivity index (χ4v) is 3.36. The molecule has 1 aromatic rings. The lowest BCUT2D eigenvalue weighted by atomic mass is 10.3. The maximum Gasteiger partial charge on any atom is 0.189 e. The number of halogens is 2. The van der Waals surface area contributed by atoms with Crippen molar-refractivity contribution in [3.05, 3.63) is 11.2 Å². The van der Waals surface area contributed by atoms with Gasteiger partial charge in [-0.3, -0.25) is 0 Å². The summed E-state index contributed by atoms with van der Waals surface area (Å²) in [7, 11) is 0. The Morgan fingerprint density at radius 2 is 2.35 bits per heavy atom. The minimum Gasteiger partial charge on any atom is -0.313 e. The SMILES string of the molecule is CSc1nc(Cl)cc(SCC2CCCN2)n1.Cl. The normalized spacial score (nSPS) is 19.1. The van der Waals surface area contributed by atoms with E-state index in [4.69, 9.17) is 11.6 Å². The summed E-state index contributed by atoms with van der Waals surface area (Å²) in [4.78, 5) is 8.54. The van der Waals surface area contributed by atoms with Crippen molar-refractivity contribution < 1.29 is 0 Å². The summed E-state index contributed by atoms with van der Waals surface area (Å²) in [6, 6.07) is 2.46. The van der Waals surface area contributed by atoms with Gasteiger partial charge in [0.2, 0.25) is 0 Å². The number of thioether (sulfide) groups is 2. The zero-order chi connectivity index (χ0) is 11.4. The van der Waals surface area contributed by atoms with Gasteiger partial charge in [0.15, 0.2) is 5.16 Å². The van der Waals surface area contributed by atoms with Crippen molar-refractivity contribution in [2.45, 2.75) is 29.1 Å². The number of hydrogen-bond acceptors (Lipinski definition) is 5. The maximum atomic E-state index is 5.93. The topological polar surface area (TPSA) is 37.8 Å². The second-order valence-corrected chi connectivity index (χ2v) is 5.82. The first-order valence-corrected chi connectivity index (χ1v) is 7.81. The van der Waals surface area contributed by atoms with Crippen LogP contribution in [0.25, 0.3) is 0 Å². The Bertz CT molecular complexity index is 359. The van der Waals surface area contributed by atoms with Crippen LogP contribution >= 0.6 is 47.5 Å². The van der Waals surface area contributed by atoms with Gasteiger partial charge in [-0.2, -0.15) is 0 Å². The first-order valence-electron chi connectivity index (χ1n) is 5.22. The summed E-state index contributed by atoms with van der Waals surface area (Å²) >= 11 is 9.20. The summed E-state index contributed by atoms with van der Waals surface area (Å²) in [5.74, 6) is 1.06. The molecule has 1 aliphatic heterocycles. The first-order chi connectivity index (χ1) is 7.78. The van der Waals surface area contributed by atoms with Crippen LogP contribution in [0.15, 0.2) is 16.2 Å². The van der Waals surface area contributed by atoms with Crippen molar-refractivity contribution in [1.82, 2.24) is 15.3 Å². The van der Waals surface area contributed by atoms with Crippen LogP contribution in [0.5, 0.6) is 0 Å². The quantitative estimate of drug-likeness (QED) is 0.525. The van der Waals surface area contributed by atoms with Crippen molar-refractivity contribution in [3.63, 3.8) is 0 Å². The van der Waals surface area contributed by atoms with Gasteiger partial charge in [-0.25, -0.2) is 9.97 Å². The largest absolute Gasteiger partial charge is 0.313 e. The molecule has 0 radical (unpaired) electrons. The van der Waals surface area contributed by atoms with Crippen LogP contribution in [-0.4, -0.2) is 34.6 Å². The third kappa shape index (κ3) is 4.83. The van der Waals surface area contributed by atoms with E-state index in [1.807, 2.05) is 12.3 Å². The summed E-state index contributed by atoms with van der Waals surface area (Å²) in [6.07, 6.45) is 4.51. The molecule has 7 heteroatoms. The van der Waals surface area contributed by atoms with Gasteiger partial charge in [0, 0.05) is 17.9 Å². The predicted molar refractivity (Wildman–Crippen MR) is 77.8 cm³/mol. The Morgan fingerprint density at radius 1 is 1.53 bits per heavy atom. The first kappa shape index (κ1) is 15.4. The molecule has 0 aromatic carbocycles. The summed E-state index contributed by atoms with van der Waals surface area (Å²) in [5.41, 5.74) is 0. The standard InChI is InChI=1S/C10H14ClN3S2.ClH/c1-15-10-13-8(11)5-9(14-10)16-6-7-3-2-4-12-7;/h5,7,12H,2-4,6H2,1H3;1H. The van der Waals surface area contributed by atoms with Crippen molar-refractivity contribution in [3.8, 4) is 0 Å². The number of rotatable bonds is 4. The van der Waals surface area contributed by atoms with Crippen LogP contribution in [0, 0.1) is 0 Å². The van der Waals surface area contributed by atoms with Crippen LogP contribution < -0.4 is 5.32 Å².